The van der Waals surface area contributed by atoms with E-state index >= 15 is 0 Å². The van der Waals surface area contributed by atoms with Crippen molar-refractivity contribution >= 4 is 17.2 Å². The molecule has 0 aliphatic carbocycles. The van der Waals surface area contributed by atoms with E-state index < -0.39 is 0 Å². The van der Waals surface area contributed by atoms with Crippen molar-refractivity contribution in [3.8, 4) is 6.07 Å². The molecule has 0 fully saturated rings. The minimum atomic E-state index is -0.257. The molecule has 0 spiro atoms. The van der Waals surface area contributed by atoms with E-state index in [1.807, 2.05) is 19.2 Å². The third-order valence-corrected chi connectivity index (χ3v) is 2.77. The first-order valence-electron chi connectivity index (χ1n) is 4.22. The number of aromatic nitrogens is 1. The van der Waals surface area contributed by atoms with Crippen molar-refractivity contribution in [2.24, 2.45) is 0 Å². The van der Waals surface area contributed by atoms with Gasteiger partial charge in [-0.15, -0.1) is 11.3 Å². The Morgan fingerprint density at radius 3 is 3.07 bits per heavy atom. The molecule has 1 N–H and O–H groups in total. The Hall–Kier alpha value is -1.41. The lowest BCUT2D eigenvalue weighted by molar-refractivity contribution is -0.120. The summed E-state index contributed by atoms with van der Waals surface area (Å²) in [5.41, 5.74) is 0.950. The predicted molar refractivity (Wildman–Crippen MR) is 53.6 cm³/mol. The Bertz CT molecular complexity index is 366. The quantitative estimate of drug-likeness (QED) is 0.821. The summed E-state index contributed by atoms with van der Waals surface area (Å²) >= 11 is 1.51. The monoisotopic (exact) mass is 209 g/mol. The summed E-state index contributed by atoms with van der Waals surface area (Å²) in [4.78, 5) is 15.3. The van der Waals surface area contributed by atoms with Gasteiger partial charge in [0, 0.05) is 11.1 Å². The molecule has 5 heteroatoms. The second kappa shape index (κ2) is 4.72. The molecule has 0 aliphatic rings. The second-order valence-electron chi connectivity index (χ2n) is 2.95. The molecule has 0 saturated carbocycles. The minimum Gasteiger partial charge on any atom is -0.346 e. The van der Waals surface area contributed by atoms with Crippen LogP contribution >= 0.6 is 11.3 Å². The van der Waals surface area contributed by atoms with Crippen LogP contribution < -0.4 is 5.32 Å². The van der Waals surface area contributed by atoms with Gasteiger partial charge in [0.05, 0.1) is 12.1 Å². The van der Waals surface area contributed by atoms with E-state index in [2.05, 4.69) is 10.3 Å². The topological polar surface area (TPSA) is 65.8 Å². The van der Waals surface area contributed by atoms with Gasteiger partial charge in [-0.05, 0) is 13.8 Å². The third kappa shape index (κ3) is 2.82. The van der Waals surface area contributed by atoms with Gasteiger partial charge in [-0.25, -0.2) is 4.98 Å². The van der Waals surface area contributed by atoms with E-state index in [9.17, 15) is 4.79 Å². The molecule has 0 aromatic carbocycles. The van der Waals surface area contributed by atoms with Crippen LogP contribution in [0.15, 0.2) is 5.38 Å². The van der Waals surface area contributed by atoms with E-state index in [4.69, 9.17) is 5.26 Å². The largest absolute Gasteiger partial charge is 0.346 e. The number of hydrogen-bond donors (Lipinski definition) is 1. The summed E-state index contributed by atoms with van der Waals surface area (Å²) in [6.07, 6.45) is -0.102. The van der Waals surface area contributed by atoms with Crippen LogP contribution in [-0.4, -0.2) is 10.9 Å². The molecular formula is C9H11N3OS. The molecule has 0 saturated heterocycles. The predicted octanol–water partition coefficient (Wildman–Crippen LogP) is 1.54. The standard InChI is InChI=1S/C9H11N3OS/c1-6-5-14-9(11-6)7(2)12-8(13)3-4-10/h5,7H,3H2,1-2H3,(H,12,13). The van der Waals surface area contributed by atoms with Crippen molar-refractivity contribution < 1.29 is 4.79 Å². The average Bonchev–Trinajstić information content (AvgIpc) is 2.52. The third-order valence-electron chi connectivity index (χ3n) is 1.62. The van der Waals surface area contributed by atoms with Crippen molar-refractivity contribution in [1.29, 1.82) is 5.26 Å². The molecule has 1 aromatic heterocycles. The molecule has 14 heavy (non-hydrogen) atoms. The van der Waals surface area contributed by atoms with Gasteiger partial charge in [0.25, 0.3) is 0 Å². The lowest BCUT2D eigenvalue weighted by Crippen LogP contribution is -2.25. The number of aryl methyl sites for hydroxylation is 1. The van der Waals surface area contributed by atoms with Gasteiger partial charge in [-0.3, -0.25) is 4.79 Å². The number of amides is 1. The van der Waals surface area contributed by atoms with Crippen LogP contribution in [0.25, 0.3) is 0 Å². The number of thiazole rings is 1. The molecule has 4 nitrogen and oxygen atoms in total. The molecule has 0 bridgehead atoms. The molecule has 1 amide bonds. The zero-order valence-electron chi connectivity index (χ0n) is 8.07. The number of nitriles is 1. The smallest absolute Gasteiger partial charge is 0.234 e. The van der Waals surface area contributed by atoms with Gasteiger partial charge in [0.1, 0.15) is 11.4 Å². The van der Waals surface area contributed by atoms with E-state index in [-0.39, 0.29) is 18.4 Å². The lowest BCUT2D eigenvalue weighted by atomic mass is 10.3. The molecule has 1 aromatic rings. The molecule has 1 atom stereocenters. The van der Waals surface area contributed by atoms with Gasteiger partial charge in [0.2, 0.25) is 5.91 Å². The fourth-order valence-electron chi connectivity index (χ4n) is 0.997. The van der Waals surface area contributed by atoms with Gasteiger partial charge < -0.3 is 5.32 Å². The Kier molecular flexibility index (Phi) is 3.60. The lowest BCUT2D eigenvalue weighted by Gasteiger charge is -2.08. The molecule has 74 valence electrons. The highest BCUT2D eigenvalue weighted by Gasteiger charge is 2.11. The van der Waals surface area contributed by atoms with E-state index in [1.165, 1.54) is 11.3 Å². The fraction of sp³-hybridized carbons (Fsp3) is 0.444. The van der Waals surface area contributed by atoms with Crippen LogP contribution in [0.2, 0.25) is 0 Å². The van der Waals surface area contributed by atoms with E-state index in [1.54, 1.807) is 6.07 Å². The van der Waals surface area contributed by atoms with Crippen molar-refractivity contribution in [3.63, 3.8) is 0 Å². The highest BCUT2D eigenvalue weighted by atomic mass is 32.1. The number of rotatable bonds is 3. The maximum absolute atomic E-state index is 11.1. The molecule has 0 radical (unpaired) electrons. The highest BCUT2D eigenvalue weighted by molar-refractivity contribution is 7.09. The van der Waals surface area contributed by atoms with E-state index in [0.29, 0.717) is 0 Å². The van der Waals surface area contributed by atoms with Crippen molar-refractivity contribution in [2.45, 2.75) is 26.3 Å². The second-order valence-corrected chi connectivity index (χ2v) is 3.84. The summed E-state index contributed by atoms with van der Waals surface area (Å²) in [6, 6.07) is 1.68. The Labute approximate surface area is 86.6 Å². The van der Waals surface area contributed by atoms with Crippen molar-refractivity contribution in [1.82, 2.24) is 10.3 Å². The van der Waals surface area contributed by atoms with Crippen molar-refractivity contribution in [3.05, 3.63) is 16.1 Å². The van der Waals surface area contributed by atoms with Crippen LogP contribution in [-0.2, 0) is 4.79 Å². The van der Waals surface area contributed by atoms with Crippen LogP contribution in [0.1, 0.15) is 30.1 Å². The highest BCUT2D eigenvalue weighted by Crippen LogP contribution is 2.17. The molecular weight excluding hydrogens is 198 g/mol. The van der Waals surface area contributed by atoms with Crippen molar-refractivity contribution in [2.75, 3.05) is 0 Å². The van der Waals surface area contributed by atoms with Crippen LogP contribution in [0.4, 0.5) is 0 Å². The number of carbonyl (C=O) groups excluding carboxylic acids is 1. The van der Waals surface area contributed by atoms with Gasteiger partial charge in [-0.1, -0.05) is 0 Å². The molecule has 0 aliphatic heterocycles. The Morgan fingerprint density at radius 2 is 2.57 bits per heavy atom. The number of carbonyl (C=O) groups is 1. The minimum absolute atomic E-state index is 0.102. The fourth-order valence-corrected chi connectivity index (χ4v) is 1.80. The van der Waals surface area contributed by atoms with Crippen LogP contribution in [0.3, 0.4) is 0 Å². The van der Waals surface area contributed by atoms with Gasteiger partial charge in [-0.2, -0.15) is 5.26 Å². The molecule has 1 unspecified atom stereocenters. The number of hydrogen-bond acceptors (Lipinski definition) is 4. The normalized spacial score (nSPS) is 11.8. The summed E-state index contributed by atoms with van der Waals surface area (Å²) < 4.78 is 0. The SMILES string of the molecule is Cc1csc(C(C)NC(=O)CC#N)n1. The van der Waals surface area contributed by atoms with Crippen LogP contribution in [0, 0.1) is 18.3 Å². The first-order valence-corrected chi connectivity index (χ1v) is 5.09. The van der Waals surface area contributed by atoms with Crippen LogP contribution in [0.5, 0.6) is 0 Å². The van der Waals surface area contributed by atoms with Gasteiger partial charge >= 0.3 is 0 Å². The first-order chi connectivity index (χ1) is 6.63. The summed E-state index contributed by atoms with van der Waals surface area (Å²) in [5.74, 6) is -0.257. The zero-order valence-corrected chi connectivity index (χ0v) is 8.89. The maximum atomic E-state index is 11.1. The first kappa shape index (κ1) is 10.7. The molecule has 1 heterocycles. The Balaban J connectivity index is 2.55. The number of nitrogens with one attached hydrogen (secondary N) is 1. The Morgan fingerprint density at radius 1 is 1.86 bits per heavy atom. The van der Waals surface area contributed by atoms with E-state index in [0.717, 1.165) is 10.7 Å². The summed E-state index contributed by atoms with van der Waals surface area (Å²) in [7, 11) is 0. The summed E-state index contributed by atoms with van der Waals surface area (Å²) in [6.45, 7) is 3.76. The molecule has 1 rings (SSSR count). The maximum Gasteiger partial charge on any atom is 0.234 e. The number of nitrogens with zero attached hydrogens (tertiary/aromatic N) is 2. The van der Waals surface area contributed by atoms with Gasteiger partial charge in [0.15, 0.2) is 0 Å². The summed E-state index contributed by atoms with van der Waals surface area (Å²) in [5, 5.41) is 13.8. The average molecular weight is 209 g/mol. The zero-order chi connectivity index (χ0) is 10.6.